The van der Waals surface area contributed by atoms with Crippen molar-refractivity contribution in [1.82, 2.24) is 10.2 Å². The van der Waals surface area contributed by atoms with Crippen molar-refractivity contribution in [3.8, 4) is 0 Å². The van der Waals surface area contributed by atoms with E-state index < -0.39 is 22.8 Å². The predicted molar refractivity (Wildman–Crippen MR) is 98.7 cm³/mol. The van der Waals surface area contributed by atoms with Crippen molar-refractivity contribution in [3.63, 3.8) is 0 Å². The Morgan fingerprint density at radius 3 is 2.72 bits per heavy atom. The summed E-state index contributed by atoms with van der Waals surface area (Å²) < 4.78 is -0.592. The van der Waals surface area contributed by atoms with E-state index in [2.05, 4.69) is 5.32 Å². The maximum absolute atomic E-state index is 12.3. The molecule has 1 unspecified atom stereocenters. The summed E-state index contributed by atoms with van der Waals surface area (Å²) in [7, 11) is 0. The number of fused-ring (bicyclic) bond motifs is 1. The molecule has 25 heavy (non-hydrogen) atoms. The van der Waals surface area contributed by atoms with Crippen molar-refractivity contribution in [3.05, 3.63) is 21.9 Å². The number of thioether (sulfide) groups is 1. The number of carboxylic acids is 1. The van der Waals surface area contributed by atoms with Gasteiger partial charge in [0.1, 0.15) is 17.5 Å². The van der Waals surface area contributed by atoms with Gasteiger partial charge in [0.2, 0.25) is 11.8 Å². The first kappa shape index (κ1) is 20.7. The molecule has 1 aromatic rings. The van der Waals surface area contributed by atoms with E-state index in [4.69, 9.17) is 5.73 Å². The standard InChI is InChI=1S/C15H19N3O4S2.Na.H/c1-15(2)11(14(21)22)18-12(20)10(13(18)24-15)17-9(19)5-7-3-4-23-8(7)6-16;;/h3-4,10-11,13H,5-6,16H2,1-2H3,(H,17,19)(H,21,22);;/t10?,11-,13+;;/m0../s1. The quantitative estimate of drug-likeness (QED) is 0.469. The van der Waals surface area contributed by atoms with E-state index in [0.29, 0.717) is 6.54 Å². The molecule has 2 aliphatic rings. The summed E-state index contributed by atoms with van der Waals surface area (Å²) >= 11 is 2.91. The molecule has 0 aromatic carbocycles. The molecule has 10 heteroatoms. The van der Waals surface area contributed by atoms with E-state index in [1.807, 2.05) is 11.4 Å². The number of carbonyl (C=O) groups excluding carboxylic acids is 2. The van der Waals surface area contributed by atoms with Crippen LogP contribution in [0, 0.1) is 0 Å². The number of amides is 2. The SMILES string of the molecule is CC1(C)S[C@@H]2C(NC(=O)Cc3ccsc3CN)C(=O)N2[C@H]1C(=O)O.[NaH]. The number of rotatable bonds is 5. The van der Waals surface area contributed by atoms with E-state index in [1.165, 1.54) is 28.0 Å². The molecule has 2 saturated heterocycles. The third kappa shape index (κ3) is 3.63. The fourth-order valence-electron chi connectivity index (χ4n) is 3.25. The number of nitrogens with one attached hydrogen (secondary N) is 1. The van der Waals surface area contributed by atoms with Crippen molar-refractivity contribution in [1.29, 1.82) is 0 Å². The number of carboxylic acid groups (broad SMARTS) is 1. The van der Waals surface area contributed by atoms with Crippen LogP contribution in [0.1, 0.15) is 24.3 Å². The third-order valence-corrected chi connectivity index (χ3v) is 6.92. The molecule has 0 saturated carbocycles. The van der Waals surface area contributed by atoms with Gasteiger partial charge in [0.15, 0.2) is 0 Å². The average molecular weight is 393 g/mol. The molecule has 3 atom stereocenters. The Balaban J connectivity index is 0.00000225. The molecule has 7 nitrogen and oxygen atoms in total. The zero-order valence-electron chi connectivity index (χ0n) is 13.3. The van der Waals surface area contributed by atoms with Gasteiger partial charge in [0, 0.05) is 16.2 Å². The Morgan fingerprint density at radius 2 is 2.12 bits per heavy atom. The summed E-state index contributed by atoms with van der Waals surface area (Å²) in [4.78, 5) is 38.4. The van der Waals surface area contributed by atoms with E-state index >= 15 is 0 Å². The number of nitrogens with zero attached hydrogens (tertiary/aromatic N) is 1. The Labute approximate surface area is 176 Å². The van der Waals surface area contributed by atoms with Crippen LogP contribution in [0.4, 0.5) is 0 Å². The molecule has 4 N–H and O–H groups in total. The zero-order valence-corrected chi connectivity index (χ0v) is 14.9. The maximum atomic E-state index is 12.3. The fraction of sp³-hybridized carbons (Fsp3) is 0.533. The molecule has 0 radical (unpaired) electrons. The molecule has 1 aromatic heterocycles. The van der Waals surface area contributed by atoms with Crippen LogP contribution >= 0.6 is 23.1 Å². The summed E-state index contributed by atoms with van der Waals surface area (Å²) in [5.41, 5.74) is 6.50. The van der Waals surface area contributed by atoms with Crippen molar-refractivity contribution >= 4 is 70.4 Å². The number of hydrogen-bond acceptors (Lipinski definition) is 6. The number of aliphatic carboxylic acids is 1. The van der Waals surface area contributed by atoms with Crippen LogP contribution in [0.25, 0.3) is 0 Å². The Hall–Kier alpha value is -0.580. The van der Waals surface area contributed by atoms with Crippen LogP contribution in [0.15, 0.2) is 11.4 Å². The molecule has 0 aliphatic carbocycles. The minimum atomic E-state index is -1.01. The molecular weight excluding hydrogens is 373 g/mol. The molecule has 3 heterocycles. The average Bonchev–Trinajstić information content (AvgIpc) is 3.04. The Bertz CT molecular complexity index is 709. The van der Waals surface area contributed by atoms with Crippen LogP contribution in [0.3, 0.4) is 0 Å². The number of carbonyl (C=O) groups is 3. The van der Waals surface area contributed by atoms with Gasteiger partial charge in [0.05, 0.1) is 6.42 Å². The van der Waals surface area contributed by atoms with Gasteiger partial charge in [-0.05, 0) is 30.9 Å². The van der Waals surface area contributed by atoms with Crippen molar-refractivity contribution in [2.45, 2.75) is 49.0 Å². The van der Waals surface area contributed by atoms with Crippen LogP contribution in [-0.4, -0.2) is 79.6 Å². The first-order valence-electron chi connectivity index (χ1n) is 7.53. The van der Waals surface area contributed by atoms with Crippen LogP contribution in [0.5, 0.6) is 0 Å². The molecule has 2 fully saturated rings. The van der Waals surface area contributed by atoms with E-state index in [-0.39, 0.29) is 53.2 Å². The molecule has 2 amide bonds. The van der Waals surface area contributed by atoms with Gasteiger partial charge in [-0.15, -0.1) is 23.1 Å². The van der Waals surface area contributed by atoms with E-state index in [1.54, 1.807) is 13.8 Å². The summed E-state index contributed by atoms with van der Waals surface area (Å²) in [6.45, 7) is 3.99. The van der Waals surface area contributed by atoms with Gasteiger partial charge in [-0.25, -0.2) is 4.79 Å². The number of β-lactam (4-membered cyclic amide) rings is 1. The van der Waals surface area contributed by atoms with Gasteiger partial charge >= 0.3 is 35.5 Å². The van der Waals surface area contributed by atoms with E-state index in [9.17, 15) is 19.5 Å². The van der Waals surface area contributed by atoms with Gasteiger partial charge < -0.3 is 21.1 Å². The van der Waals surface area contributed by atoms with Crippen molar-refractivity contribution in [2.24, 2.45) is 5.73 Å². The Morgan fingerprint density at radius 1 is 1.44 bits per heavy atom. The molecule has 132 valence electrons. The number of nitrogens with two attached hydrogens (primary N) is 1. The monoisotopic (exact) mass is 393 g/mol. The first-order valence-corrected chi connectivity index (χ1v) is 9.29. The second-order valence-electron chi connectivity index (χ2n) is 6.39. The molecule has 2 aliphatic heterocycles. The summed E-state index contributed by atoms with van der Waals surface area (Å²) in [6, 6.07) is 0.329. The van der Waals surface area contributed by atoms with Crippen LogP contribution in [-0.2, 0) is 27.3 Å². The van der Waals surface area contributed by atoms with Crippen molar-refractivity contribution < 1.29 is 19.5 Å². The summed E-state index contributed by atoms with van der Waals surface area (Å²) in [5.74, 6) is -1.60. The normalized spacial score (nSPS) is 26.4. The number of thiophene rings is 1. The van der Waals surface area contributed by atoms with Crippen molar-refractivity contribution in [2.75, 3.05) is 0 Å². The molecule has 0 spiro atoms. The molecule has 0 bridgehead atoms. The molecular formula is C15H20N3NaO4S2. The Kier molecular flexibility index (Phi) is 6.28. The van der Waals surface area contributed by atoms with Gasteiger partial charge in [-0.2, -0.15) is 0 Å². The second-order valence-corrected chi connectivity index (χ2v) is 9.16. The summed E-state index contributed by atoms with van der Waals surface area (Å²) in [6.07, 6.45) is 0.170. The van der Waals surface area contributed by atoms with Gasteiger partial charge in [-0.1, -0.05) is 0 Å². The van der Waals surface area contributed by atoms with Gasteiger partial charge in [0.25, 0.3) is 0 Å². The fourth-order valence-corrected chi connectivity index (χ4v) is 5.66. The zero-order chi connectivity index (χ0) is 17.6. The minimum absolute atomic E-state index is 0. The van der Waals surface area contributed by atoms with Crippen LogP contribution in [0.2, 0.25) is 0 Å². The second kappa shape index (κ2) is 7.58. The third-order valence-electron chi connectivity index (χ3n) is 4.37. The number of hydrogen-bond donors (Lipinski definition) is 3. The van der Waals surface area contributed by atoms with Gasteiger partial charge in [-0.3, -0.25) is 9.59 Å². The molecule has 3 rings (SSSR count). The van der Waals surface area contributed by atoms with Crippen LogP contribution < -0.4 is 11.1 Å². The predicted octanol–water partition coefficient (Wildman–Crippen LogP) is -0.267. The summed E-state index contributed by atoms with van der Waals surface area (Å²) in [5, 5.41) is 13.7. The first-order chi connectivity index (χ1) is 11.3. The van der Waals surface area contributed by atoms with E-state index in [0.717, 1.165) is 10.4 Å². The topological polar surface area (TPSA) is 113 Å².